The summed E-state index contributed by atoms with van der Waals surface area (Å²) in [6, 6.07) is 0. The van der Waals surface area contributed by atoms with Crippen LogP contribution < -0.4 is 0 Å². The summed E-state index contributed by atoms with van der Waals surface area (Å²) in [5.74, 6) is 1.46. The molecule has 0 amide bonds. The first-order valence-corrected chi connectivity index (χ1v) is 6.09. The van der Waals surface area contributed by atoms with Gasteiger partial charge in [0.15, 0.2) is 0 Å². The molecule has 0 bridgehead atoms. The van der Waals surface area contributed by atoms with Gasteiger partial charge in [-0.2, -0.15) is 0 Å². The van der Waals surface area contributed by atoms with E-state index in [4.69, 9.17) is 4.74 Å². The lowest BCUT2D eigenvalue weighted by Crippen LogP contribution is -2.40. The smallest absolute Gasteiger partial charge is 0.0749 e. The van der Waals surface area contributed by atoms with Crippen LogP contribution in [0.3, 0.4) is 0 Å². The maximum atomic E-state index is 9.31. The van der Waals surface area contributed by atoms with Crippen molar-refractivity contribution in [1.82, 2.24) is 0 Å². The minimum Gasteiger partial charge on any atom is -0.396 e. The molecule has 2 fully saturated rings. The van der Waals surface area contributed by atoms with Crippen LogP contribution in [0.15, 0.2) is 12.7 Å². The van der Waals surface area contributed by atoms with Crippen LogP contribution in [-0.2, 0) is 4.74 Å². The highest BCUT2D eigenvalue weighted by molar-refractivity contribution is 5.05. The zero-order valence-electron chi connectivity index (χ0n) is 9.61. The van der Waals surface area contributed by atoms with Crippen molar-refractivity contribution < 1.29 is 9.84 Å². The molecular weight excluding hydrogens is 188 g/mol. The Morgan fingerprint density at radius 3 is 2.67 bits per heavy atom. The third-order valence-electron chi connectivity index (χ3n) is 4.31. The summed E-state index contributed by atoms with van der Waals surface area (Å²) in [5, 5.41) is 9.31. The van der Waals surface area contributed by atoms with Gasteiger partial charge in [-0.25, -0.2) is 0 Å². The first-order chi connectivity index (χ1) is 7.22. The molecule has 1 heterocycles. The summed E-state index contributed by atoms with van der Waals surface area (Å²) < 4.78 is 6.01. The lowest BCUT2D eigenvalue weighted by Gasteiger charge is -2.39. The molecule has 86 valence electrons. The van der Waals surface area contributed by atoms with Crippen molar-refractivity contribution in [2.24, 2.45) is 17.8 Å². The number of hydrogen-bond acceptors (Lipinski definition) is 2. The maximum Gasteiger partial charge on any atom is 0.0749 e. The van der Waals surface area contributed by atoms with Crippen molar-refractivity contribution in [3.8, 4) is 0 Å². The van der Waals surface area contributed by atoms with E-state index in [9.17, 15) is 5.11 Å². The summed E-state index contributed by atoms with van der Waals surface area (Å²) in [5.41, 5.74) is 0.0155. The Bertz CT molecular complexity index is 229. The van der Waals surface area contributed by atoms with Crippen molar-refractivity contribution >= 4 is 0 Å². The minimum atomic E-state index is 0.0155. The van der Waals surface area contributed by atoms with Crippen molar-refractivity contribution in [3.05, 3.63) is 12.7 Å². The fourth-order valence-electron chi connectivity index (χ4n) is 3.20. The van der Waals surface area contributed by atoms with Crippen LogP contribution in [0.1, 0.15) is 32.6 Å². The molecule has 2 atom stereocenters. The summed E-state index contributed by atoms with van der Waals surface area (Å²) in [6.07, 6.45) is 6.79. The lowest BCUT2D eigenvalue weighted by atomic mass is 9.70. The highest BCUT2D eigenvalue weighted by Gasteiger charge is 2.48. The van der Waals surface area contributed by atoms with Gasteiger partial charge in [-0.1, -0.05) is 13.0 Å². The molecule has 1 saturated heterocycles. The van der Waals surface area contributed by atoms with Crippen molar-refractivity contribution in [3.63, 3.8) is 0 Å². The molecule has 0 aromatic carbocycles. The molecule has 2 nitrogen and oxygen atoms in total. The molecule has 0 aromatic heterocycles. The molecule has 1 saturated carbocycles. The first kappa shape index (κ1) is 11.2. The van der Waals surface area contributed by atoms with Gasteiger partial charge < -0.3 is 9.84 Å². The van der Waals surface area contributed by atoms with E-state index in [0.29, 0.717) is 12.5 Å². The molecular formula is C13H22O2. The van der Waals surface area contributed by atoms with E-state index in [2.05, 4.69) is 13.5 Å². The molecule has 1 spiro atoms. The molecule has 0 aromatic rings. The average molecular weight is 210 g/mol. The fourth-order valence-corrected chi connectivity index (χ4v) is 3.20. The van der Waals surface area contributed by atoms with Gasteiger partial charge in [-0.05, 0) is 31.6 Å². The zero-order chi connectivity index (χ0) is 10.9. The van der Waals surface area contributed by atoms with E-state index < -0.39 is 0 Å². The van der Waals surface area contributed by atoms with Crippen LogP contribution >= 0.6 is 0 Å². The summed E-state index contributed by atoms with van der Waals surface area (Å²) >= 11 is 0. The Kier molecular flexibility index (Phi) is 3.17. The normalized spacial score (nSPS) is 45.9. The average Bonchev–Trinajstić information content (AvgIpc) is 2.61. The highest BCUT2D eigenvalue weighted by Crippen LogP contribution is 2.47. The highest BCUT2D eigenvalue weighted by atomic mass is 16.5. The van der Waals surface area contributed by atoms with Gasteiger partial charge in [0, 0.05) is 18.4 Å². The Balaban J connectivity index is 2.11. The third-order valence-corrected chi connectivity index (χ3v) is 4.31. The Morgan fingerprint density at radius 1 is 1.47 bits per heavy atom. The van der Waals surface area contributed by atoms with Crippen LogP contribution in [0.25, 0.3) is 0 Å². The van der Waals surface area contributed by atoms with Crippen LogP contribution in [-0.4, -0.2) is 23.9 Å². The number of aliphatic hydroxyl groups is 1. The molecule has 1 N–H and O–H groups in total. The molecule has 2 unspecified atom stereocenters. The quantitative estimate of drug-likeness (QED) is 0.709. The summed E-state index contributed by atoms with van der Waals surface area (Å²) in [6.45, 7) is 7.17. The third kappa shape index (κ3) is 1.85. The second-order valence-corrected chi connectivity index (χ2v) is 5.26. The Labute approximate surface area is 92.3 Å². The predicted octanol–water partition coefficient (Wildman–Crippen LogP) is 2.38. The van der Waals surface area contributed by atoms with Crippen LogP contribution in [0.5, 0.6) is 0 Å². The SMILES string of the molecule is C=CC1C(CO)COC12CCC(C)CC2. The van der Waals surface area contributed by atoms with Gasteiger partial charge in [0.1, 0.15) is 0 Å². The lowest BCUT2D eigenvalue weighted by molar-refractivity contribution is -0.0484. The predicted molar refractivity (Wildman–Crippen MR) is 60.6 cm³/mol. The number of ether oxygens (including phenoxy) is 1. The Hall–Kier alpha value is -0.340. The maximum absolute atomic E-state index is 9.31. The van der Waals surface area contributed by atoms with Crippen molar-refractivity contribution in [2.45, 2.75) is 38.2 Å². The van der Waals surface area contributed by atoms with Crippen LogP contribution in [0, 0.1) is 17.8 Å². The zero-order valence-corrected chi connectivity index (χ0v) is 9.61. The second-order valence-electron chi connectivity index (χ2n) is 5.26. The van der Waals surface area contributed by atoms with E-state index in [1.807, 2.05) is 6.08 Å². The molecule has 0 radical (unpaired) electrons. The van der Waals surface area contributed by atoms with Gasteiger partial charge in [0.05, 0.1) is 12.2 Å². The summed E-state index contributed by atoms with van der Waals surface area (Å²) in [4.78, 5) is 0. The number of hydrogen-bond donors (Lipinski definition) is 1. The minimum absolute atomic E-state index is 0.0155. The largest absolute Gasteiger partial charge is 0.396 e. The van der Waals surface area contributed by atoms with E-state index in [1.54, 1.807) is 0 Å². The van der Waals surface area contributed by atoms with E-state index >= 15 is 0 Å². The van der Waals surface area contributed by atoms with Gasteiger partial charge >= 0.3 is 0 Å². The van der Waals surface area contributed by atoms with E-state index in [0.717, 1.165) is 18.8 Å². The number of rotatable bonds is 2. The topological polar surface area (TPSA) is 29.5 Å². The molecule has 15 heavy (non-hydrogen) atoms. The van der Waals surface area contributed by atoms with Gasteiger partial charge in [-0.3, -0.25) is 0 Å². The first-order valence-electron chi connectivity index (χ1n) is 6.09. The second kappa shape index (κ2) is 4.26. The standard InChI is InChI=1S/C13H22O2/c1-3-12-11(8-14)9-15-13(12)6-4-10(2)5-7-13/h3,10-12,14H,1,4-9H2,2H3. The van der Waals surface area contributed by atoms with Gasteiger partial charge in [0.25, 0.3) is 0 Å². The Morgan fingerprint density at radius 2 is 2.13 bits per heavy atom. The molecule has 2 rings (SSSR count). The van der Waals surface area contributed by atoms with Crippen molar-refractivity contribution in [2.75, 3.05) is 13.2 Å². The molecule has 2 aliphatic rings. The molecule has 1 aliphatic heterocycles. The monoisotopic (exact) mass is 210 g/mol. The van der Waals surface area contributed by atoms with E-state index in [-0.39, 0.29) is 18.1 Å². The fraction of sp³-hybridized carbons (Fsp3) is 0.846. The molecule has 2 heteroatoms. The van der Waals surface area contributed by atoms with Crippen LogP contribution in [0.2, 0.25) is 0 Å². The van der Waals surface area contributed by atoms with Crippen molar-refractivity contribution in [1.29, 1.82) is 0 Å². The van der Waals surface area contributed by atoms with Gasteiger partial charge in [-0.15, -0.1) is 6.58 Å². The van der Waals surface area contributed by atoms with Gasteiger partial charge in [0.2, 0.25) is 0 Å². The van der Waals surface area contributed by atoms with E-state index in [1.165, 1.54) is 12.8 Å². The summed E-state index contributed by atoms with van der Waals surface area (Å²) in [7, 11) is 0. The van der Waals surface area contributed by atoms with Crippen LogP contribution in [0.4, 0.5) is 0 Å². The molecule has 1 aliphatic carbocycles. The number of aliphatic hydroxyl groups excluding tert-OH is 1.